The maximum absolute atomic E-state index is 4.86. The maximum Gasteiger partial charge on any atom is 0.215 e. The fourth-order valence-electron chi connectivity index (χ4n) is 3.57. The van der Waals surface area contributed by atoms with Gasteiger partial charge >= 0.3 is 0 Å². The van der Waals surface area contributed by atoms with Gasteiger partial charge in [-0.1, -0.05) is 30.3 Å². The summed E-state index contributed by atoms with van der Waals surface area (Å²) in [6.45, 7) is 8.65. The Morgan fingerprint density at radius 2 is 1.73 bits per heavy atom. The van der Waals surface area contributed by atoms with Crippen molar-refractivity contribution in [3.8, 4) is 16.9 Å². The molecule has 0 saturated heterocycles. The number of benzene rings is 2. The first kappa shape index (κ1) is 16.5. The van der Waals surface area contributed by atoms with Gasteiger partial charge in [-0.3, -0.25) is 4.68 Å². The summed E-state index contributed by atoms with van der Waals surface area (Å²) in [5.74, 6) is 0. The second kappa shape index (κ2) is 6.41. The van der Waals surface area contributed by atoms with Crippen LogP contribution in [0.1, 0.15) is 31.1 Å². The van der Waals surface area contributed by atoms with Crippen LogP contribution in [-0.4, -0.2) is 9.78 Å². The minimum Gasteiger partial charge on any atom is -0.270 e. The van der Waals surface area contributed by atoms with Crippen LogP contribution < -0.4 is 4.57 Å². The smallest absolute Gasteiger partial charge is 0.215 e. The molecule has 0 amide bonds. The molecule has 26 heavy (non-hydrogen) atoms. The van der Waals surface area contributed by atoms with Crippen molar-refractivity contribution in [2.45, 2.75) is 33.7 Å². The largest absolute Gasteiger partial charge is 0.270 e. The van der Waals surface area contributed by atoms with E-state index in [1.807, 2.05) is 4.68 Å². The fourth-order valence-corrected chi connectivity index (χ4v) is 3.57. The molecular formula is C23H24N3+. The fraction of sp³-hybridized carbons (Fsp3) is 0.217. The molecule has 4 aromatic rings. The number of pyridine rings is 1. The van der Waals surface area contributed by atoms with E-state index in [9.17, 15) is 0 Å². The molecule has 0 saturated carbocycles. The van der Waals surface area contributed by atoms with Crippen LogP contribution in [0.5, 0.6) is 0 Å². The average Bonchev–Trinajstić information content (AvgIpc) is 3.12. The lowest BCUT2D eigenvalue weighted by atomic mass is 9.95. The Kier molecular flexibility index (Phi) is 4.08. The summed E-state index contributed by atoms with van der Waals surface area (Å²) in [4.78, 5) is 0. The number of aromatic nitrogens is 3. The summed E-state index contributed by atoms with van der Waals surface area (Å²) in [6, 6.07) is 19.6. The first-order valence-corrected chi connectivity index (χ1v) is 9.12. The molecule has 3 heteroatoms. The van der Waals surface area contributed by atoms with Crippen LogP contribution in [0.15, 0.2) is 67.0 Å². The molecule has 130 valence electrons. The van der Waals surface area contributed by atoms with Crippen molar-refractivity contribution in [2.75, 3.05) is 0 Å². The third-order valence-electron chi connectivity index (χ3n) is 5.00. The van der Waals surface area contributed by atoms with Crippen LogP contribution >= 0.6 is 0 Å². The molecule has 0 unspecified atom stereocenters. The van der Waals surface area contributed by atoms with E-state index in [4.69, 9.17) is 5.10 Å². The topological polar surface area (TPSA) is 21.7 Å². The highest BCUT2D eigenvalue weighted by Crippen LogP contribution is 2.33. The van der Waals surface area contributed by atoms with E-state index in [-0.39, 0.29) is 0 Å². The Balaban J connectivity index is 2.05. The predicted octanol–water partition coefficient (Wildman–Crippen LogP) is 5.18. The van der Waals surface area contributed by atoms with E-state index in [0.29, 0.717) is 6.04 Å². The van der Waals surface area contributed by atoms with E-state index in [1.54, 1.807) is 0 Å². The Morgan fingerprint density at radius 3 is 2.46 bits per heavy atom. The molecule has 0 aliphatic carbocycles. The Morgan fingerprint density at radius 1 is 0.962 bits per heavy atom. The number of fused-ring (bicyclic) bond motifs is 1. The molecule has 0 radical (unpaired) electrons. The highest BCUT2D eigenvalue weighted by atomic mass is 15.3. The zero-order valence-corrected chi connectivity index (χ0v) is 15.8. The lowest BCUT2D eigenvalue weighted by Crippen LogP contribution is -2.34. The standard InChI is InChI=1S/C23H24N3/c1-16(2)26-14-12-21(24-26)23-18(4)22(25-13-8-7-9-17(25)3)15-19-10-5-6-11-20(19)23/h5-16H,1-4H3/q+1. The predicted molar refractivity (Wildman–Crippen MR) is 107 cm³/mol. The number of hydrogen-bond donors (Lipinski definition) is 0. The van der Waals surface area contributed by atoms with E-state index >= 15 is 0 Å². The van der Waals surface area contributed by atoms with Crippen molar-refractivity contribution in [2.24, 2.45) is 0 Å². The summed E-state index contributed by atoms with van der Waals surface area (Å²) in [5.41, 5.74) is 5.91. The van der Waals surface area contributed by atoms with Crippen molar-refractivity contribution < 1.29 is 4.57 Å². The molecular weight excluding hydrogens is 318 g/mol. The lowest BCUT2D eigenvalue weighted by Gasteiger charge is -2.12. The maximum atomic E-state index is 4.86. The molecule has 0 bridgehead atoms. The number of rotatable bonds is 3. The van der Waals surface area contributed by atoms with Gasteiger partial charge in [-0.2, -0.15) is 9.67 Å². The molecule has 0 fully saturated rings. The van der Waals surface area contributed by atoms with Crippen LogP contribution in [0.2, 0.25) is 0 Å². The molecule has 2 aromatic heterocycles. The summed E-state index contributed by atoms with van der Waals surface area (Å²) < 4.78 is 4.28. The molecule has 2 heterocycles. The monoisotopic (exact) mass is 342 g/mol. The summed E-state index contributed by atoms with van der Waals surface area (Å²) in [7, 11) is 0. The SMILES string of the molecule is Cc1c(-[n+]2ccccc2C)cc2ccccc2c1-c1ccn(C(C)C)n1. The first-order chi connectivity index (χ1) is 12.6. The van der Waals surface area contributed by atoms with Gasteiger partial charge in [-0.15, -0.1) is 0 Å². The van der Waals surface area contributed by atoms with E-state index in [2.05, 4.69) is 99.3 Å². The van der Waals surface area contributed by atoms with Crippen molar-refractivity contribution >= 4 is 10.8 Å². The van der Waals surface area contributed by atoms with Crippen LogP contribution in [-0.2, 0) is 0 Å². The summed E-state index contributed by atoms with van der Waals surface area (Å²) in [5, 5.41) is 7.34. The highest BCUT2D eigenvalue weighted by molar-refractivity contribution is 5.99. The van der Waals surface area contributed by atoms with Gasteiger partial charge in [0.05, 0.1) is 5.69 Å². The first-order valence-electron chi connectivity index (χ1n) is 9.12. The molecule has 0 spiro atoms. The Labute approximate surface area is 154 Å². The third-order valence-corrected chi connectivity index (χ3v) is 5.00. The van der Waals surface area contributed by atoms with Gasteiger partial charge in [0, 0.05) is 48.5 Å². The van der Waals surface area contributed by atoms with Gasteiger partial charge in [-0.25, -0.2) is 0 Å². The van der Waals surface area contributed by atoms with Crippen LogP contribution in [0.3, 0.4) is 0 Å². The quantitative estimate of drug-likeness (QED) is 0.470. The molecule has 2 aromatic carbocycles. The van der Waals surface area contributed by atoms with E-state index in [1.165, 1.54) is 33.3 Å². The average molecular weight is 342 g/mol. The minimum absolute atomic E-state index is 0.351. The minimum atomic E-state index is 0.351. The van der Waals surface area contributed by atoms with Crippen molar-refractivity contribution in [3.05, 3.63) is 78.2 Å². The van der Waals surface area contributed by atoms with Crippen LogP contribution in [0.4, 0.5) is 0 Å². The van der Waals surface area contributed by atoms with E-state index < -0.39 is 0 Å². The molecule has 0 N–H and O–H groups in total. The molecule has 3 nitrogen and oxygen atoms in total. The third kappa shape index (κ3) is 2.70. The highest BCUT2D eigenvalue weighted by Gasteiger charge is 2.20. The van der Waals surface area contributed by atoms with Gasteiger partial charge in [0.2, 0.25) is 5.69 Å². The summed E-state index contributed by atoms with van der Waals surface area (Å²) in [6.07, 6.45) is 4.20. The second-order valence-electron chi connectivity index (χ2n) is 7.10. The number of aryl methyl sites for hydroxylation is 1. The van der Waals surface area contributed by atoms with Crippen molar-refractivity contribution in [3.63, 3.8) is 0 Å². The van der Waals surface area contributed by atoms with Crippen molar-refractivity contribution in [1.29, 1.82) is 0 Å². The van der Waals surface area contributed by atoms with Crippen LogP contribution in [0.25, 0.3) is 27.7 Å². The Hall–Kier alpha value is -2.94. The number of hydrogen-bond acceptors (Lipinski definition) is 1. The zero-order chi connectivity index (χ0) is 18.3. The van der Waals surface area contributed by atoms with Gasteiger partial charge in [0.1, 0.15) is 0 Å². The van der Waals surface area contributed by atoms with Crippen molar-refractivity contribution in [1.82, 2.24) is 9.78 Å². The molecule has 0 aliphatic heterocycles. The van der Waals surface area contributed by atoms with Gasteiger partial charge in [-0.05, 0) is 37.6 Å². The van der Waals surface area contributed by atoms with Gasteiger partial charge < -0.3 is 0 Å². The van der Waals surface area contributed by atoms with Gasteiger partial charge in [0.25, 0.3) is 0 Å². The molecule has 0 aliphatic rings. The summed E-state index contributed by atoms with van der Waals surface area (Å²) >= 11 is 0. The van der Waals surface area contributed by atoms with E-state index in [0.717, 1.165) is 5.69 Å². The Bertz CT molecular complexity index is 1090. The molecule has 0 atom stereocenters. The molecule has 4 rings (SSSR count). The normalized spacial score (nSPS) is 11.4. The second-order valence-corrected chi connectivity index (χ2v) is 7.10. The lowest BCUT2D eigenvalue weighted by molar-refractivity contribution is -0.603. The zero-order valence-electron chi connectivity index (χ0n) is 15.8. The van der Waals surface area contributed by atoms with Crippen LogP contribution in [0, 0.1) is 13.8 Å². The van der Waals surface area contributed by atoms with Gasteiger partial charge in [0.15, 0.2) is 11.9 Å². The number of nitrogens with zero attached hydrogens (tertiary/aromatic N) is 3.